The molecule has 2 aromatic carbocycles. The summed E-state index contributed by atoms with van der Waals surface area (Å²) in [4.78, 5) is 2.38. The van der Waals surface area contributed by atoms with E-state index in [-0.39, 0.29) is 0 Å². The molecule has 0 atom stereocenters. The van der Waals surface area contributed by atoms with Crippen molar-refractivity contribution in [2.24, 2.45) is 0 Å². The fraction of sp³-hybridized carbons (Fsp3) is 0.300. The van der Waals surface area contributed by atoms with Gasteiger partial charge >= 0.3 is 0 Å². The molecule has 0 unspecified atom stereocenters. The summed E-state index contributed by atoms with van der Waals surface area (Å²) in [5, 5.41) is 10.6. The van der Waals surface area contributed by atoms with E-state index < -0.39 is 5.60 Å². The number of rotatable bonds is 2. The van der Waals surface area contributed by atoms with Crippen LogP contribution < -0.4 is 0 Å². The maximum absolute atomic E-state index is 10.6. The molecule has 0 spiro atoms. The molecule has 0 radical (unpaired) electrons. The van der Waals surface area contributed by atoms with Crippen molar-refractivity contribution in [2.75, 3.05) is 13.1 Å². The van der Waals surface area contributed by atoms with Crippen LogP contribution in [-0.2, 0) is 6.54 Å². The topological polar surface area (TPSA) is 23.5 Å². The molecule has 112 valence electrons. The number of piperidine rings is 1. The summed E-state index contributed by atoms with van der Waals surface area (Å²) < 4.78 is 0. The zero-order valence-electron chi connectivity index (χ0n) is 12.7. The smallest absolute Gasteiger partial charge is 0.128 e. The van der Waals surface area contributed by atoms with Crippen LogP contribution in [0.3, 0.4) is 0 Å². The molecule has 2 aromatic rings. The molecule has 1 fully saturated rings. The third-order valence-electron chi connectivity index (χ3n) is 4.15. The molecular weight excluding hydrogens is 270 g/mol. The Bertz CT molecular complexity index is 646. The maximum Gasteiger partial charge on any atom is 0.128 e. The predicted octanol–water partition coefficient (Wildman–Crippen LogP) is 3.07. The van der Waals surface area contributed by atoms with Gasteiger partial charge in [0.15, 0.2) is 0 Å². The van der Waals surface area contributed by atoms with Crippen molar-refractivity contribution in [3.05, 3.63) is 71.8 Å². The fourth-order valence-electron chi connectivity index (χ4n) is 2.76. The van der Waals surface area contributed by atoms with E-state index in [4.69, 9.17) is 0 Å². The van der Waals surface area contributed by atoms with Crippen LogP contribution in [-0.4, -0.2) is 28.7 Å². The Kier molecular flexibility index (Phi) is 4.58. The SMILES string of the molecule is OC1(C#Cc2ccccc2)CCN(Cc2ccccc2)CC1. The minimum absolute atomic E-state index is 0.708. The minimum atomic E-state index is -0.844. The molecule has 3 rings (SSSR count). The fourth-order valence-corrected chi connectivity index (χ4v) is 2.76. The van der Waals surface area contributed by atoms with E-state index in [1.807, 2.05) is 36.4 Å². The first-order valence-electron chi connectivity index (χ1n) is 7.80. The van der Waals surface area contributed by atoms with E-state index in [1.54, 1.807) is 0 Å². The van der Waals surface area contributed by atoms with Crippen molar-refractivity contribution in [1.29, 1.82) is 0 Å². The Hall–Kier alpha value is -2.08. The zero-order chi connectivity index (χ0) is 15.3. The molecule has 0 aliphatic carbocycles. The van der Waals surface area contributed by atoms with Crippen LogP contribution in [0.4, 0.5) is 0 Å². The second kappa shape index (κ2) is 6.79. The van der Waals surface area contributed by atoms with Crippen LogP contribution >= 0.6 is 0 Å². The molecule has 2 heteroatoms. The highest BCUT2D eigenvalue weighted by atomic mass is 16.3. The second-order valence-corrected chi connectivity index (χ2v) is 5.91. The molecule has 1 aliphatic rings. The normalized spacial score (nSPS) is 17.5. The van der Waals surface area contributed by atoms with E-state index in [0.29, 0.717) is 12.8 Å². The number of aliphatic hydroxyl groups is 1. The third-order valence-corrected chi connectivity index (χ3v) is 4.15. The van der Waals surface area contributed by atoms with E-state index in [1.165, 1.54) is 5.56 Å². The molecule has 22 heavy (non-hydrogen) atoms. The van der Waals surface area contributed by atoms with Gasteiger partial charge in [-0.15, -0.1) is 0 Å². The van der Waals surface area contributed by atoms with Crippen molar-refractivity contribution in [3.63, 3.8) is 0 Å². The average Bonchev–Trinajstić information content (AvgIpc) is 2.58. The lowest BCUT2D eigenvalue weighted by Crippen LogP contribution is -2.43. The van der Waals surface area contributed by atoms with Crippen molar-refractivity contribution in [2.45, 2.75) is 25.0 Å². The molecule has 1 aliphatic heterocycles. The summed E-state index contributed by atoms with van der Waals surface area (Å²) in [5.74, 6) is 6.18. The van der Waals surface area contributed by atoms with Crippen molar-refractivity contribution < 1.29 is 5.11 Å². The van der Waals surface area contributed by atoms with Crippen LogP contribution in [0.1, 0.15) is 24.0 Å². The molecule has 0 bridgehead atoms. The van der Waals surface area contributed by atoms with Crippen LogP contribution in [0.5, 0.6) is 0 Å². The van der Waals surface area contributed by atoms with Gasteiger partial charge in [-0.05, 0) is 17.7 Å². The Morgan fingerprint density at radius 3 is 2.14 bits per heavy atom. The highest BCUT2D eigenvalue weighted by Gasteiger charge is 2.30. The third kappa shape index (κ3) is 3.98. The van der Waals surface area contributed by atoms with Crippen molar-refractivity contribution >= 4 is 0 Å². The maximum atomic E-state index is 10.6. The summed E-state index contributed by atoms with van der Waals surface area (Å²) >= 11 is 0. The number of hydrogen-bond acceptors (Lipinski definition) is 2. The zero-order valence-corrected chi connectivity index (χ0v) is 12.7. The van der Waals surface area contributed by atoms with E-state index in [0.717, 1.165) is 25.2 Å². The first-order valence-corrected chi connectivity index (χ1v) is 7.80. The Balaban J connectivity index is 1.58. The van der Waals surface area contributed by atoms with Crippen LogP contribution in [0, 0.1) is 11.8 Å². The van der Waals surface area contributed by atoms with Crippen LogP contribution in [0.2, 0.25) is 0 Å². The van der Waals surface area contributed by atoms with Crippen molar-refractivity contribution in [1.82, 2.24) is 4.90 Å². The molecule has 1 heterocycles. The molecule has 0 aromatic heterocycles. The predicted molar refractivity (Wildman–Crippen MR) is 89.2 cm³/mol. The lowest BCUT2D eigenvalue weighted by Gasteiger charge is -2.35. The lowest BCUT2D eigenvalue weighted by molar-refractivity contribution is 0.0247. The van der Waals surface area contributed by atoms with Crippen molar-refractivity contribution in [3.8, 4) is 11.8 Å². The van der Waals surface area contributed by atoms with Gasteiger partial charge in [0.25, 0.3) is 0 Å². The average molecular weight is 291 g/mol. The molecule has 1 N–H and O–H groups in total. The van der Waals surface area contributed by atoms with E-state index in [9.17, 15) is 5.11 Å². The second-order valence-electron chi connectivity index (χ2n) is 5.91. The van der Waals surface area contributed by atoms with Gasteiger partial charge in [0.05, 0.1) is 0 Å². The molecule has 0 saturated carbocycles. The number of nitrogens with zero attached hydrogens (tertiary/aromatic N) is 1. The summed E-state index contributed by atoms with van der Waals surface area (Å²) in [6.07, 6.45) is 1.42. The van der Waals surface area contributed by atoms with Gasteiger partial charge < -0.3 is 5.11 Å². The molecular formula is C20H21NO. The molecule has 1 saturated heterocycles. The number of hydrogen-bond donors (Lipinski definition) is 1. The van der Waals surface area contributed by atoms with Gasteiger partial charge in [0.1, 0.15) is 5.60 Å². The Labute approximate surface area is 132 Å². The molecule has 0 amide bonds. The highest BCUT2D eigenvalue weighted by molar-refractivity contribution is 5.36. The van der Waals surface area contributed by atoms with Gasteiger partial charge in [-0.3, -0.25) is 4.90 Å². The van der Waals surface area contributed by atoms with Gasteiger partial charge in [0, 0.05) is 38.0 Å². The lowest BCUT2D eigenvalue weighted by atomic mass is 9.91. The van der Waals surface area contributed by atoms with Gasteiger partial charge in [0.2, 0.25) is 0 Å². The monoisotopic (exact) mass is 291 g/mol. The summed E-state index contributed by atoms with van der Waals surface area (Å²) in [5.41, 5.74) is 1.44. The van der Waals surface area contributed by atoms with Gasteiger partial charge in [-0.2, -0.15) is 0 Å². The Morgan fingerprint density at radius 2 is 1.50 bits per heavy atom. The molecule has 2 nitrogen and oxygen atoms in total. The number of likely N-dealkylation sites (tertiary alicyclic amines) is 1. The highest BCUT2D eigenvalue weighted by Crippen LogP contribution is 2.22. The largest absolute Gasteiger partial charge is 0.377 e. The first kappa shape index (κ1) is 14.8. The van der Waals surface area contributed by atoms with E-state index >= 15 is 0 Å². The first-order chi connectivity index (χ1) is 10.7. The summed E-state index contributed by atoms with van der Waals surface area (Å²) in [6.45, 7) is 2.72. The number of benzene rings is 2. The minimum Gasteiger partial charge on any atom is -0.377 e. The van der Waals surface area contributed by atoms with E-state index in [2.05, 4.69) is 41.0 Å². The Morgan fingerprint density at radius 1 is 0.909 bits per heavy atom. The summed E-state index contributed by atoms with van der Waals surface area (Å²) in [7, 11) is 0. The van der Waals surface area contributed by atoms with Crippen LogP contribution in [0.25, 0.3) is 0 Å². The summed E-state index contributed by atoms with van der Waals surface area (Å²) in [6, 6.07) is 20.3. The quantitative estimate of drug-likeness (QED) is 0.860. The van der Waals surface area contributed by atoms with Gasteiger partial charge in [-0.1, -0.05) is 60.4 Å². The standard InChI is InChI=1S/C20H21NO/c22-20(12-11-18-7-3-1-4-8-18)13-15-21(16-14-20)17-19-9-5-2-6-10-19/h1-10,22H,13-17H2. The van der Waals surface area contributed by atoms with Gasteiger partial charge in [-0.25, -0.2) is 0 Å². The van der Waals surface area contributed by atoms with Crippen LogP contribution in [0.15, 0.2) is 60.7 Å².